The Morgan fingerprint density at radius 2 is 2.09 bits per heavy atom. The second-order valence-electron chi connectivity index (χ2n) is 3.01. The fourth-order valence-corrected chi connectivity index (χ4v) is 0.984. The van der Waals surface area contributed by atoms with Crippen LogP contribution in [0.5, 0.6) is 0 Å². The number of aliphatic hydroxyl groups is 2. The number of rotatable bonds is 4. The van der Waals surface area contributed by atoms with Crippen LogP contribution in [-0.2, 0) is 0 Å². The third kappa shape index (κ3) is 4.17. The molecule has 66 valence electrons. The van der Waals surface area contributed by atoms with E-state index in [1.807, 2.05) is 26.8 Å². The van der Waals surface area contributed by atoms with Crippen LogP contribution in [0.1, 0.15) is 27.2 Å². The van der Waals surface area contributed by atoms with Crippen molar-refractivity contribution < 1.29 is 10.2 Å². The zero-order chi connectivity index (χ0) is 8.85. The summed E-state index contributed by atoms with van der Waals surface area (Å²) in [5.74, 6) is 0.146. The summed E-state index contributed by atoms with van der Waals surface area (Å²) in [5.41, 5.74) is 0.921. The van der Waals surface area contributed by atoms with Gasteiger partial charge in [-0.1, -0.05) is 25.5 Å². The second kappa shape index (κ2) is 5.33. The van der Waals surface area contributed by atoms with Gasteiger partial charge in [0.2, 0.25) is 0 Å². The van der Waals surface area contributed by atoms with Crippen molar-refractivity contribution >= 4 is 0 Å². The first-order chi connectivity index (χ1) is 5.11. The van der Waals surface area contributed by atoms with Crippen LogP contribution in [-0.4, -0.2) is 22.9 Å². The molecule has 0 aliphatic rings. The molecule has 0 aliphatic heterocycles. The summed E-state index contributed by atoms with van der Waals surface area (Å²) in [7, 11) is 0. The summed E-state index contributed by atoms with van der Waals surface area (Å²) in [4.78, 5) is 0. The van der Waals surface area contributed by atoms with E-state index in [1.54, 1.807) is 0 Å². The molecule has 0 amide bonds. The lowest BCUT2D eigenvalue weighted by atomic mass is 10.0. The second-order valence-corrected chi connectivity index (χ2v) is 3.01. The highest BCUT2D eigenvalue weighted by atomic mass is 16.3. The molecule has 2 heteroatoms. The van der Waals surface area contributed by atoms with Crippen LogP contribution in [0.3, 0.4) is 0 Å². The largest absolute Gasteiger partial charge is 0.393 e. The smallest absolute Gasteiger partial charge is 0.0639 e. The first-order valence-electron chi connectivity index (χ1n) is 4.08. The van der Waals surface area contributed by atoms with Crippen LogP contribution >= 0.6 is 0 Å². The van der Waals surface area contributed by atoms with Gasteiger partial charge < -0.3 is 10.2 Å². The molecule has 0 bridgehead atoms. The van der Waals surface area contributed by atoms with Crippen LogP contribution in [0.4, 0.5) is 0 Å². The van der Waals surface area contributed by atoms with Gasteiger partial charge in [0.25, 0.3) is 0 Å². The molecule has 2 unspecified atom stereocenters. The molecule has 0 saturated heterocycles. The molecular weight excluding hydrogens is 140 g/mol. The predicted molar refractivity (Wildman–Crippen MR) is 46.3 cm³/mol. The van der Waals surface area contributed by atoms with Crippen molar-refractivity contribution in [1.29, 1.82) is 0 Å². The lowest BCUT2D eigenvalue weighted by Gasteiger charge is -2.13. The van der Waals surface area contributed by atoms with E-state index in [4.69, 9.17) is 5.11 Å². The molecule has 2 atom stereocenters. The summed E-state index contributed by atoms with van der Waals surface area (Å²) in [5, 5.41) is 18.0. The molecule has 0 saturated carbocycles. The average molecular weight is 158 g/mol. The minimum absolute atomic E-state index is 0.0841. The molecule has 0 aliphatic carbocycles. The van der Waals surface area contributed by atoms with Crippen LogP contribution in [0, 0.1) is 5.92 Å². The highest BCUT2D eigenvalue weighted by molar-refractivity contribution is 5.01. The monoisotopic (exact) mass is 158 g/mol. The summed E-state index contributed by atoms with van der Waals surface area (Å²) in [6, 6.07) is 0. The third-order valence-corrected chi connectivity index (χ3v) is 1.82. The summed E-state index contributed by atoms with van der Waals surface area (Å²) >= 11 is 0. The van der Waals surface area contributed by atoms with Crippen molar-refractivity contribution in [2.75, 3.05) is 6.61 Å². The van der Waals surface area contributed by atoms with Crippen LogP contribution in [0.15, 0.2) is 11.6 Å². The number of aliphatic hydroxyl groups excluding tert-OH is 2. The van der Waals surface area contributed by atoms with Gasteiger partial charge in [0.05, 0.1) is 12.7 Å². The fraction of sp³-hybridized carbons (Fsp3) is 0.778. The fourth-order valence-electron chi connectivity index (χ4n) is 0.984. The van der Waals surface area contributed by atoms with Gasteiger partial charge in [0.1, 0.15) is 0 Å². The van der Waals surface area contributed by atoms with Gasteiger partial charge in [0, 0.05) is 5.92 Å². The molecule has 2 N–H and O–H groups in total. The molecule has 0 heterocycles. The first kappa shape index (κ1) is 10.7. The molecule has 0 aromatic carbocycles. The molecule has 0 radical (unpaired) electrons. The zero-order valence-corrected chi connectivity index (χ0v) is 7.54. The van der Waals surface area contributed by atoms with Crippen LogP contribution in [0.2, 0.25) is 0 Å². The Labute approximate surface area is 68.6 Å². The molecular formula is C9H18O2. The molecule has 0 aromatic rings. The lowest BCUT2D eigenvalue weighted by Crippen LogP contribution is -2.14. The van der Waals surface area contributed by atoms with E-state index in [2.05, 4.69) is 0 Å². The zero-order valence-electron chi connectivity index (χ0n) is 7.54. The Morgan fingerprint density at radius 3 is 2.45 bits per heavy atom. The van der Waals surface area contributed by atoms with E-state index in [9.17, 15) is 5.11 Å². The maximum absolute atomic E-state index is 9.34. The van der Waals surface area contributed by atoms with Gasteiger partial charge in [0.15, 0.2) is 0 Å². The van der Waals surface area contributed by atoms with E-state index in [1.165, 1.54) is 0 Å². The Bertz CT molecular complexity index is 130. The molecule has 0 spiro atoms. The van der Waals surface area contributed by atoms with Crippen molar-refractivity contribution in [2.45, 2.75) is 33.3 Å². The van der Waals surface area contributed by atoms with E-state index >= 15 is 0 Å². The maximum Gasteiger partial charge on any atom is 0.0639 e. The van der Waals surface area contributed by atoms with Crippen molar-refractivity contribution in [3.8, 4) is 0 Å². The lowest BCUT2D eigenvalue weighted by molar-refractivity contribution is 0.133. The topological polar surface area (TPSA) is 40.5 Å². The third-order valence-electron chi connectivity index (χ3n) is 1.82. The Hall–Kier alpha value is -0.340. The van der Waals surface area contributed by atoms with Gasteiger partial charge in [-0.05, 0) is 13.3 Å². The Morgan fingerprint density at radius 1 is 1.55 bits per heavy atom. The standard InChI is InChI=1S/C9H18O2/c1-4-9(11)8(3)5-7(2)6-10/h5,8-11H,4,6H2,1-3H3/b7-5-. The van der Waals surface area contributed by atoms with Gasteiger partial charge in [-0.2, -0.15) is 0 Å². The summed E-state index contributed by atoms with van der Waals surface area (Å²) < 4.78 is 0. The van der Waals surface area contributed by atoms with Crippen molar-refractivity contribution in [1.82, 2.24) is 0 Å². The molecule has 11 heavy (non-hydrogen) atoms. The SMILES string of the molecule is CCC(O)C(C)/C=C(/C)CO. The quantitative estimate of drug-likeness (QED) is 0.606. The molecule has 2 nitrogen and oxygen atoms in total. The molecule has 0 aromatic heterocycles. The van der Waals surface area contributed by atoms with Crippen LogP contribution in [0.25, 0.3) is 0 Å². The van der Waals surface area contributed by atoms with Gasteiger partial charge >= 0.3 is 0 Å². The van der Waals surface area contributed by atoms with Crippen molar-refractivity contribution in [3.05, 3.63) is 11.6 Å². The van der Waals surface area contributed by atoms with Gasteiger partial charge in [-0.3, -0.25) is 0 Å². The van der Waals surface area contributed by atoms with E-state index in [0.29, 0.717) is 0 Å². The summed E-state index contributed by atoms with van der Waals surface area (Å²) in [6.45, 7) is 5.84. The molecule has 0 fully saturated rings. The average Bonchev–Trinajstić information content (AvgIpc) is 2.02. The van der Waals surface area contributed by atoms with E-state index in [-0.39, 0.29) is 18.6 Å². The highest BCUT2D eigenvalue weighted by Crippen LogP contribution is 2.10. The van der Waals surface area contributed by atoms with E-state index in [0.717, 1.165) is 12.0 Å². The normalized spacial score (nSPS) is 18.1. The highest BCUT2D eigenvalue weighted by Gasteiger charge is 2.08. The van der Waals surface area contributed by atoms with Gasteiger partial charge in [-0.15, -0.1) is 0 Å². The van der Waals surface area contributed by atoms with Crippen LogP contribution < -0.4 is 0 Å². The minimum Gasteiger partial charge on any atom is -0.393 e. The molecule has 0 rings (SSSR count). The Kier molecular flexibility index (Phi) is 5.16. The summed E-state index contributed by atoms with van der Waals surface area (Å²) in [6.07, 6.45) is 2.39. The number of hydrogen-bond donors (Lipinski definition) is 2. The Balaban J connectivity index is 3.93. The first-order valence-corrected chi connectivity index (χ1v) is 4.08. The van der Waals surface area contributed by atoms with Crippen molar-refractivity contribution in [3.63, 3.8) is 0 Å². The van der Waals surface area contributed by atoms with Crippen molar-refractivity contribution in [2.24, 2.45) is 5.92 Å². The minimum atomic E-state index is -0.281. The maximum atomic E-state index is 9.34. The van der Waals surface area contributed by atoms with Gasteiger partial charge in [-0.25, -0.2) is 0 Å². The predicted octanol–water partition coefficient (Wildman–Crippen LogP) is 1.33. The number of hydrogen-bond acceptors (Lipinski definition) is 2. The van der Waals surface area contributed by atoms with E-state index < -0.39 is 0 Å².